The van der Waals surface area contributed by atoms with Gasteiger partial charge in [0.1, 0.15) is 11.4 Å². The number of benzene rings is 1. The number of sulfone groups is 1. The molecule has 2 heterocycles. The van der Waals surface area contributed by atoms with Gasteiger partial charge in [-0.2, -0.15) is 0 Å². The average Bonchev–Trinajstić information content (AvgIpc) is 2.91. The normalized spacial score (nSPS) is 11.7. The number of fused-ring (bicyclic) bond motifs is 1. The number of imidazole rings is 1. The number of methoxy groups -OCH3 is 1. The summed E-state index contributed by atoms with van der Waals surface area (Å²) in [5, 5.41) is 0. The van der Waals surface area contributed by atoms with Crippen LogP contribution in [0.4, 0.5) is 0 Å². The van der Waals surface area contributed by atoms with E-state index in [-0.39, 0.29) is 10.6 Å². The average molecular weight is 319 g/mol. The van der Waals surface area contributed by atoms with E-state index in [9.17, 15) is 13.2 Å². The smallest absolute Gasteiger partial charge is 0.331 e. The number of H-pyrrole nitrogens is 1. The van der Waals surface area contributed by atoms with Crippen molar-refractivity contribution in [2.75, 3.05) is 13.4 Å². The van der Waals surface area contributed by atoms with E-state index in [1.165, 1.54) is 29.8 Å². The number of aromatic amines is 1. The molecule has 1 aromatic carbocycles. The SMILES string of the molecule is COc1cc(S(C)(=O)=O)ccc1-c1cn2c(=O)[nH]ccc2n1. The predicted molar refractivity (Wildman–Crippen MR) is 80.9 cm³/mol. The molecule has 0 aliphatic carbocycles. The molecule has 0 radical (unpaired) electrons. The highest BCUT2D eigenvalue weighted by atomic mass is 32.2. The molecule has 22 heavy (non-hydrogen) atoms. The van der Waals surface area contributed by atoms with Crippen LogP contribution in [0.1, 0.15) is 0 Å². The van der Waals surface area contributed by atoms with Gasteiger partial charge < -0.3 is 9.72 Å². The molecule has 8 heteroatoms. The fourth-order valence-electron chi connectivity index (χ4n) is 2.18. The van der Waals surface area contributed by atoms with Crippen LogP contribution in [-0.2, 0) is 9.84 Å². The van der Waals surface area contributed by atoms with Crippen molar-refractivity contribution in [2.24, 2.45) is 0 Å². The molecule has 0 aliphatic rings. The predicted octanol–water partition coefficient (Wildman–Crippen LogP) is 1.10. The maximum Gasteiger partial charge on any atom is 0.331 e. The molecular formula is C14H13N3O4S. The van der Waals surface area contributed by atoms with E-state index in [1.807, 2.05) is 0 Å². The Morgan fingerprint density at radius 1 is 1.27 bits per heavy atom. The molecule has 3 aromatic rings. The van der Waals surface area contributed by atoms with E-state index in [1.54, 1.807) is 18.3 Å². The highest BCUT2D eigenvalue weighted by Crippen LogP contribution is 2.31. The molecule has 0 saturated heterocycles. The fraction of sp³-hybridized carbons (Fsp3) is 0.143. The Hall–Kier alpha value is -2.61. The first-order chi connectivity index (χ1) is 10.4. The lowest BCUT2D eigenvalue weighted by molar-refractivity contribution is 0.415. The standard InChI is InChI=1S/C14H13N3O4S/c1-21-12-7-9(22(2,19)20)3-4-10(12)11-8-17-13(16-11)5-6-15-14(17)18/h3-8H,1-2H3,(H,15,18). The maximum atomic E-state index is 11.7. The first-order valence-corrected chi connectivity index (χ1v) is 8.24. The van der Waals surface area contributed by atoms with Gasteiger partial charge in [-0.25, -0.2) is 18.2 Å². The van der Waals surface area contributed by atoms with Gasteiger partial charge in [-0.3, -0.25) is 4.40 Å². The molecule has 0 saturated carbocycles. The fourth-order valence-corrected chi connectivity index (χ4v) is 2.81. The second-order valence-corrected chi connectivity index (χ2v) is 6.79. The zero-order valence-electron chi connectivity index (χ0n) is 11.9. The van der Waals surface area contributed by atoms with Gasteiger partial charge in [-0.05, 0) is 24.3 Å². The largest absolute Gasteiger partial charge is 0.496 e. The molecule has 0 aliphatic heterocycles. The van der Waals surface area contributed by atoms with Crippen molar-refractivity contribution in [3.05, 3.63) is 47.1 Å². The van der Waals surface area contributed by atoms with E-state index in [0.717, 1.165) is 6.26 Å². The van der Waals surface area contributed by atoms with Gasteiger partial charge >= 0.3 is 5.69 Å². The summed E-state index contributed by atoms with van der Waals surface area (Å²) in [7, 11) is -1.87. The molecule has 0 fully saturated rings. The minimum atomic E-state index is -3.33. The summed E-state index contributed by atoms with van der Waals surface area (Å²) in [5.74, 6) is 0.378. The van der Waals surface area contributed by atoms with Crippen LogP contribution in [0.5, 0.6) is 5.75 Å². The van der Waals surface area contributed by atoms with Crippen molar-refractivity contribution in [2.45, 2.75) is 4.90 Å². The molecule has 0 atom stereocenters. The van der Waals surface area contributed by atoms with Gasteiger partial charge in [0.25, 0.3) is 0 Å². The molecule has 0 amide bonds. The lowest BCUT2D eigenvalue weighted by atomic mass is 10.1. The second-order valence-electron chi connectivity index (χ2n) is 4.77. The van der Waals surface area contributed by atoms with Gasteiger partial charge in [0.2, 0.25) is 0 Å². The summed E-state index contributed by atoms with van der Waals surface area (Å²) in [6.45, 7) is 0. The van der Waals surface area contributed by atoms with E-state index in [2.05, 4.69) is 9.97 Å². The highest BCUT2D eigenvalue weighted by Gasteiger charge is 2.15. The van der Waals surface area contributed by atoms with Gasteiger partial charge in [0.05, 0.1) is 17.7 Å². The first-order valence-electron chi connectivity index (χ1n) is 6.35. The van der Waals surface area contributed by atoms with Crippen molar-refractivity contribution in [3.63, 3.8) is 0 Å². The third-order valence-corrected chi connectivity index (χ3v) is 4.38. The van der Waals surface area contributed by atoms with E-state index in [4.69, 9.17) is 4.74 Å². The lowest BCUT2D eigenvalue weighted by Crippen LogP contribution is -2.13. The van der Waals surface area contributed by atoms with Gasteiger partial charge in [-0.1, -0.05) is 0 Å². The number of hydrogen-bond donors (Lipinski definition) is 1. The Morgan fingerprint density at radius 3 is 2.68 bits per heavy atom. The van der Waals surface area contributed by atoms with Crippen molar-refractivity contribution in [1.82, 2.24) is 14.4 Å². The van der Waals surface area contributed by atoms with E-state index in [0.29, 0.717) is 22.7 Å². The Labute approximate surface area is 126 Å². The third kappa shape index (κ3) is 2.37. The topological polar surface area (TPSA) is 93.5 Å². The van der Waals surface area contributed by atoms with Crippen LogP contribution in [-0.4, -0.2) is 36.2 Å². The lowest BCUT2D eigenvalue weighted by Gasteiger charge is -2.08. The van der Waals surface area contributed by atoms with Crippen LogP contribution < -0.4 is 10.4 Å². The van der Waals surface area contributed by atoms with Crippen LogP contribution >= 0.6 is 0 Å². The second kappa shape index (κ2) is 4.99. The summed E-state index contributed by atoms with van der Waals surface area (Å²) >= 11 is 0. The Bertz CT molecular complexity index is 1020. The first kappa shape index (κ1) is 14.3. The summed E-state index contributed by atoms with van der Waals surface area (Å²) in [6.07, 6.45) is 4.22. The molecule has 0 unspecified atom stereocenters. The maximum absolute atomic E-state index is 11.7. The van der Waals surface area contributed by atoms with Crippen LogP contribution in [0.3, 0.4) is 0 Å². The van der Waals surface area contributed by atoms with Crippen molar-refractivity contribution in [1.29, 1.82) is 0 Å². The van der Waals surface area contributed by atoms with Gasteiger partial charge in [-0.15, -0.1) is 0 Å². The van der Waals surface area contributed by atoms with Gasteiger partial charge in [0.15, 0.2) is 9.84 Å². The molecule has 7 nitrogen and oxygen atoms in total. The minimum Gasteiger partial charge on any atom is -0.496 e. The van der Waals surface area contributed by atoms with Crippen molar-refractivity contribution < 1.29 is 13.2 Å². The highest BCUT2D eigenvalue weighted by molar-refractivity contribution is 7.90. The van der Waals surface area contributed by atoms with Crippen LogP contribution in [0.25, 0.3) is 16.9 Å². The van der Waals surface area contributed by atoms with E-state index < -0.39 is 9.84 Å². The van der Waals surface area contributed by atoms with Crippen molar-refractivity contribution in [3.8, 4) is 17.0 Å². The molecule has 1 N–H and O–H groups in total. The molecule has 2 aromatic heterocycles. The van der Waals surface area contributed by atoms with Crippen LogP contribution in [0, 0.1) is 0 Å². The zero-order valence-corrected chi connectivity index (χ0v) is 12.7. The molecule has 114 valence electrons. The van der Waals surface area contributed by atoms with Gasteiger partial charge in [0, 0.05) is 24.2 Å². The van der Waals surface area contributed by atoms with Crippen molar-refractivity contribution >= 4 is 15.5 Å². The van der Waals surface area contributed by atoms with Crippen LogP contribution in [0.2, 0.25) is 0 Å². The third-order valence-electron chi connectivity index (χ3n) is 3.27. The van der Waals surface area contributed by atoms with Crippen LogP contribution in [0.15, 0.2) is 46.3 Å². The zero-order chi connectivity index (χ0) is 15.9. The summed E-state index contributed by atoms with van der Waals surface area (Å²) in [4.78, 5) is 18.8. The Morgan fingerprint density at radius 2 is 2.05 bits per heavy atom. The number of nitrogens with zero attached hydrogens (tertiary/aromatic N) is 2. The van der Waals surface area contributed by atoms with E-state index >= 15 is 0 Å². The Balaban J connectivity index is 2.22. The number of hydrogen-bond acceptors (Lipinski definition) is 5. The number of nitrogens with one attached hydrogen (secondary N) is 1. The monoisotopic (exact) mass is 319 g/mol. The number of aromatic nitrogens is 3. The molecule has 0 bridgehead atoms. The number of rotatable bonds is 3. The molecular weight excluding hydrogens is 306 g/mol. The molecule has 0 spiro atoms. The molecule has 3 rings (SSSR count). The minimum absolute atomic E-state index is 0.162. The summed E-state index contributed by atoms with van der Waals surface area (Å²) in [6, 6.07) is 6.22. The number of ether oxygens (including phenoxy) is 1. The Kier molecular flexibility index (Phi) is 3.25. The summed E-state index contributed by atoms with van der Waals surface area (Å²) in [5.41, 5.74) is 1.32. The summed E-state index contributed by atoms with van der Waals surface area (Å²) < 4.78 is 29.9. The quantitative estimate of drug-likeness (QED) is 0.780.